The fraction of sp³-hybridized carbons (Fsp3) is 0.703. The van der Waals surface area contributed by atoms with Crippen LogP contribution in [0.4, 0.5) is 4.79 Å². The number of carbonyl (C=O) groups is 5. The summed E-state index contributed by atoms with van der Waals surface area (Å²) >= 11 is 0. The molecule has 3 aliphatic carbocycles. The zero-order valence-electron chi connectivity index (χ0n) is 49.4. The van der Waals surface area contributed by atoms with Crippen LogP contribution in [0.5, 0.6) is 0 Å². The van der Waals surface area contributed by atoms with Gasteiger partial charge in [0.05, 0.1) is 35.6 Å². The first-order valence-electron chi connectivity index (χ1n) is 29.6. The van der Waals surface area contributed by atoms with E-state index in [1.165, 1.54) is 90.9 Å². The average molecular weight is 1100 g/mol. The summed E-state index contributed by atoms with van der Waals surface area (Å²) in [7, 11) is 0. The van der Waals surface area contributed by atoms with Gasteiger partial charge in [0, 0.05) is 25.4 Å². The molecule has 2 aromatic rings. The number of Topliss-reactive ketones (excluding diaryl/α,β-unsaturated/α-hetero) is 1. The summed E-state index contributed by atoms with van der Waals surface area (Å²) in [6, 6.07) is 16.0. The first-order chi connectivity index (χ1) is 37.4. The van der Waals surface area contributed by atoms with Gasteiger partial charge in [-0.1, -0.05) is 173 Å². The van der Waals surface area contributed by atoms with E-state index in [9.17, 15) is 24.6 Å². The number of fused-ring (bicyclic) bond motifs is 5. The molecule has 4 aliphatic rings. The molecule has 2 aromatic carbocycles. The van der Waals surface area contributed by atoms with E-state index >= 15 is 9.59 Å². The average Bonchev–Trinajstić information content (AvgIpc) is 2.31. The second kappa shape index (κ2) is 27.9. The summed E-state index contributed by atoms with van der Waals surface area (Å²) in [5, 5.41) is 27.7. The topological polar surface area (TPSA) is 202 Å². The van der Waals surface area contributed by atoms with Crippen molar-refractivity contribution in [3.05, 3.63) is 82.9 Å². The van der Waals surface area contributed by atoms with Crippen LogP contribution in [-0.4, -0.2) is 107 Å². The number of ether oxygens (including phenoxy) is 7. The number of carbonyl (C=O) groups excluding carboxylic acids is 5. The normalized spacial score (nSPS) is 28.3. The number of hydrogen-bond acceptors (Lipinski definition) is 14. The molecule has 2 saturated carbocycles. The smallest absolute Gasteiger partial charge is 0.408 e. The molecule has 1 saturated heterocycles. The maximum atomic E-state index is 15.4. The number of unbranched alkanes of at least 4 members (excludes halogenated alkanes) is 15. The number of aliphatic hydroxyl groups excluding tert-OH is 2. The van der Waals surface area contributed by atoms with Gasteiger partial charge in [-0.05, 0) is 88.6 Å². The Hall–Kier alpha value is -4.67. The van der Waals surface area contributed by atoms with E-state index in [2.05, 4.69) is 12.2 Å². The number of benzene rings is 2. The standard InChI is InChI=1S/C64H95NO14/c1-12-13-14-15-16-17-18-19-20-21-22-23-24-25-26-33-38-73-44(4)75-53(51(45-34-29-27-30-35-45)65-59(72)79-60(5,6)7)58(71)76-47-40-62(10)56(77-57(70)46-36-31-28-32-37-46)54-63(11,55(69)52(68)50(42(47)2)61(62,8)9)48(67)39-49-64(54,41-74-49)78-43(3)66/h27-32,34-37,44,47-49,51-54,56,67-68H,12-26,33,38-41H2,1-11H3,(H,65,72)/t44?,47-,48-,49+,51-,52+,53+,54-,56-,62-,63+,64-/m0/s1. The zero-order valence-corrected chi connectivity index (χ0v) is 49.4. The number of alkyl carbamates (subject to hydrolysis) is 1. The molecule has 3 fully saturated rings. The first kappa shape index (κ1) is 63.5. The quantitative estimate of drug-likeness (QED) is 0.0239. The Labute approximate surface area is 470 Å². The molecular formula is C64H95NO14. The van der Waals surface area contributed by atoms with Crippen molar-refractivity contribution in [1.29, 1.82) is 0 Å². The molecule has 79 heavy (non-hydrogen) atoms. The summed E-state index contributed by atoms with van der Waals surface area (Å²) in [6.45, 7) is 19.4. The third-order valence-corrected chi connectivity index (χ3v) is 17.8. The third kappa shape index (κ3) is 14.9. The van der Waals surface area contributed by atoms with Gasteiger partial charge in [-0.2, -0.15) is 0 Å². The summed E-state index contributed by atoms with van der Waals surface area (Å²) in [4.78, 5) is 72.3. The minimum atomic E-state index is -1.86. The SMILES string of the molecule is CCCCCCCCCCCCCCCCCCOC(C)O[C@@H](C(=O)O[C@H]1C[C@@]2(C)[C@@H](OC(=O)c3ccccc3)[C@@H]3[C@]4(OC(C)=O)CO[C@@H]4C[C@H](O)[C@@]3(C)C(=O)[C@H](O)C(=C1C)C2(C)C)[C@@H](NC(=O)OC(C)(C)C)c1ccccc1. The molecule has 1 heterocycles. The lowest BCUT2D eigenvalue weighted by atomic mass is 9.42. The van der Waals surface area contributed by atoms with Crippen molar-refractivity contribution in [2.45, 2.75) is 252 Å². The van der Waals surface area contributed by atoms with Gasteiger partial charge in [0.25, 0.3) is 0 Å². The van der Waals surface area contributed by atoms with Crippen LogP contribution in [0.25, 0.3) is 0 Å². The number of esters is 3. The second-order valence-corrected chi connectivity index (χ2v) is 24.9. The van der Waals surface area contributed by atoms with E-state index in [4.69, 9.17) is 33.2 Å². The highest BCUT2D eigenvalue weighted by atomic mass is 16.7. The summed E-state index contributed by atoms with van der Waals surface area (Å²) in [6.07, 6.45) is 9.65. The molecule has 3 N–H and O–H groups in total. The number of amides is 1. The third-order valence-electron chi connectivity index (χ3n) is 17.8. The van der Waals surface area contributed by atoms with E-state index in [0.717, 1.165) is 25.7 Å². The van der Waals surface area contributed by atoms with Crippen molar-refractivity contribution in [3.8, 4) is 0 Å². The van der Waals surface area contributed by atoms with E-state index in [-0.39, 0.29) is 30.6 Å². The highest BCUT2D eigenvalue weighted by molar-refractivity contribution is 5.94. The van der Waals surface area contributed by atoms with Gasteiger partial charge in [0.1, 0.15) is 30.0 Å². The molecule has 15 heteroatoms. The predicted octanol–water partition coefficient (Wildman–Crippen LogP) is 12.2. The zero-order chi connectivity index (χ0) is 57.8. The highest BCUT2D eigenvalue weighted by Crippen LogP contribution is 2.67. The Balaban J connectivity index is 1.27. The van der Waals surface area contributed by atoms with Crippen LogP contribution >= 0.6 is 0 Å². The molecule has 1 unspecified atom stereocenters. The molecule has 6 rings (SSSR count). The fourth-order valence-electron chi connectivity index (χ4n) is 13.1. The first-order valence-corrected chi connectivity index (χ1v) is 29.6. The Kier molecular flexibility index (Phi) is 22.4. The van der Waals surface area contributed by atoms with Crippen LogP contribution in [0, 0.1) is 22.2 Å². The van der Waals surface area contributed by atoms with E-state index in [1.54, 1.807) is 89.2 Å². The van der Waals surface area contributed by atoms with Crippen molar-refractivity contribution in [2.75, 3.05) is 13.2 Å². The molecule has 440 valence electrons. The maximum Gasteiger partial charge on any atom is 0.408 e. The summed E-state index contributed by atoms with van der Waals surface area (Å²) < 4.78 is 44.2. The molecule has 0 spiro atoms. The van der Waals surface area contributed by atoms with E-state index in [1.807, 2.05) is 26.8 Å². The molecule has 0 aromatic heterocycles. The minimum absolute atomic E-state index is 0.0490. The van der Waals surface area contributed by atoms with Gasteiger partial charge in [-0.15, -0.1) is 0 Å². The number of hydrogen-bond donors (Lipinski definition) is 3. The van der Waals surface area contributed by atoms with Gasteiger partial charge in [0.15, 0.2) is 23.8 Å². The van der Waals surface area contributed by atoms with Crippen LogP contribution in [0.3, 0.4) is 0 Å². The number of nitrogens with one attached hydrogen (secondary N) is 1. The predicted molar refractivity (Wildman–Crippen MR) is 301 cm³/mol. The van der Waals surface area contributed by atoms with Crippen molar-refractivity contribution in [2.24, 2.45) is 22.2 Å². The maximum absolute atomic E-state index is 15.4. The van der Waals surface area contributed by atoms with E-state index < -0.39 is 112 Å². The molecule has 0 radical (unpaired) electrons. The van der Waals surface area contributed by atoms with E-state index in [0.29, 0.717) is 17.7 Å². The molecule has 15 nitrogen and oxygen atoms in total. The number of ketones is 1. The molecule has 1 aliphatic heterocycles. The van der Waals surface area contributed by atoms with Crippen molar-refractivity contribution >= 4 is 29.8 Å². The largest absolute Gasteiger partial charge is 0.458 e. The number of aliphatic hydroxyl groups is 2. The Morgan fingerprint density at radius 2 is 1.33 bits per heavy atom. The lowest BCUT2D eigenvalue weighted by Crippen LogP contribution is -2.80. The lowest BCUT2D eigenvalue weighted by molar-refractivity contribution is -0.340. The van der Waals surface area contributed by atoms with Crippen molar-refractivity contribution in [3.63, 3.8) is 0 Å². The monoisotopic (exact) mass is 1100 g/mol. The Morgan fingerprint density at radius 3 is 1.85 bits per heavy atom. The Bertz CT molecular complexity index is 2370. The van der Waals surface area contributed by atoms with Gasteiger partial charge >= 0.3 is 24.0 Å². The summed E-state index contributed by atoms with van der Waals surface area (Å²) in [5.41, 5.74) is -5.57. The van der Waals surface area contributed by atoms with Crippen LogP contribution in [-0.2, 0) is 47.5 Å². The van der Waals surface area contributed by atoms with Gasteiger partial charge < -0.3 is 48.7 Å². The van der Waals surface area contributed by atoms with Crippen LogP contribution in [0.1, 0.15) is 214 Å². The highest BCUT2D eigenvalue weighted by Gasteiger charge is 2.77. The molecular weight excluding hydrogens is 1010 g/mol. The fourth-order valence-corrected chi connectivity index (χ4v) is 13.1. The molecule has 2 bridgehead atoms. The second-order valence-electron chi connectivity index (χ2n) is 24.9. The molecule has 12 atom stereocenters. The van der Waals surface area contributed by atoms with Crippen molar-refractivity contribution in [1.82, 2.24) is 5.32 Å². The summed E-state index contributed by atoms with van der Waals surface area (Å²) in [5.74, 6) is -4.36. The minimum Gasteiger partial charge on any atom is -0.458 e. The van der Waals surface area contributed by atoms with Gasteiger partial charge in [-0.3, -0.25) is 9.59 Å². The van der Waals surface area contributed by atoms with Crippen molar-refractivity contribution < 1.29 is 67.3 Å². The molecule has 1 amide bonds. The van der Waals surface area contributed by atoms with Crippen LogP contribution in [0.2, 0.25) is 0 Å². The number of rotatable bonds is 28. The van der Waals surface area contributed by atoms with Gasteiger partial charge in [-0.25, -0.2) is 14.4 Å². The van der Waals surface area contributed by atoms with Crippen LogP contribution in [0.15, 0.2) is 71.8 Å². The lowest BCUT2D eigenvalue weighted by Gasteiger charge is -2.68. The Morgan fingerprint density at radius 1 is 0.785 bits per heavy atom. The van der Waals surface area contributed by atoms with Gasteiger partial charge in [0.2, 0.25) is 0 Å². The van der Waals surface area contributed by atoms with Crippen LogP contribution < -0.4 is 5.32 Å².